The summed E-state index contributed by atoms with van der Waals surface area (Å²) in [5.74, 6) is 0.610. The Labute approximate surface area is 139 Å². The average Bonchev–Trinajstić information content (AvgIpc) is 2.50. The number of rotatable bonds is 4. The second-order valence-corrected chi connectivity index (χ2v) is 6.64. The Morgan fingerprint density at radius 1 is 1.18 bits per heavy atom. The van der Waals surface area contributed by atoms with E-state index in [1.807, 2.05) is 30.3 Å². The standard InChI is InChI=1S/C18H19BrN2O/c1-13-11-21(18(13)14-7-3-2-4-8-14)12-17(22)20-16-10-6-5-9-15(16)19/h2-10,13,18H,11-12H2,1H3,(H,20,22)/t13-,18+/m1/s1. The monoisotopic (exact) mass is 358 g/mol. The van der Waals surface area contributed by atoms with Crippen molar-refractivity contribution in [3.05, 3.63) is 64.6 Å². The Morgan fingerprint density at radius 2 is 1.86 bits per heavy atom. The minimum absolute atomic E-state index is 0.0275. The summed E-state index contributed by atoms with van der Waals surface area (Å²) in [5.41, 5.74) is 2.10. The van der Waals surface area contributed by atoms with E-state index in [4.69, 9.17) is 0 Å². The molecule has 0 unspecified atom stereocenters. The van der Waals surface area contributed by atoms with Crippen molar-refractivity contribution in [3.63, 3.8) is 0 Å². The zero-order chi connectivity index (χ0) is 15.5. The molecule has 1 heterocycles. The number of nitrogens with one attached hydrogen (secondary N) is 1. The second-order valence-electron chi connectivity index (χ2n) is 5.79. The summed E-state index contributed by atoms with van der Waals surface area (Å²) in [6, 6.07) is 18.4. The molecule has 0 aliphatic carbocycles. The molecular formula is C18H19BrN2O. The van der Waals surface area contributed by atoms with Crippen molar-refractivity contribution in [1.82, 2.24) is 4.90 Å². The number of benzene rings is 2. The first kappa shape index (κ1) is 15.3. The molecule has 1 fully saturated rings. The zero-order valence-corrected chi connectivity index (χ0v) is 14.1. The number of amides is 1. The molecule has 22 heavy (non-hydrogen) atoms. The van der Waals surface area contributed by atoms with Crippen LogP contribution in [-0.4, -0.2) is 23.9 Å². The first-order chi connectivity index (χ1) is 10.6. The fourth-order valence-corrected chi connectivity index (χ4v) is 3.48. The molecular weight excluding hydrogens is 340 g/mol. The Bertz CT molecular complexity index is 659. The highest BCUT2D eigenvalue weighted by Gasteiger charge is 2.37. The molecule has 1 saturated heterocycles. The minimum Gasteiger partial charge on any atom is -0.324 e. The van der Waals surface area contributed by atoms with E-state index < -0.39 is 0 Å². The van der Waals surface area contributed by atoms with Crippen LogP contribution in [0.5, 0.6) is 0 Å². The summed E-state index contributed by atoms with van der Waals surface area (Å²) < 4.78 is 0.903. The van der Waals surface area contributed by atoms with Crippen molar-refractivity contribution < 1.29 is 4.79 Å². The maximum absolute atomic E-state index is 12.3. The molecule has 3 nitrogen and oxygen atoms in total. The van der Waals surface area contributed by atoms with Gasteiger partial charge in [-0.05, 0) is 39.5 Å². The summed E-state index contributed by atoms with van der Waals surface area (Å²) >= 11 is 3.45. The van der Waals surface area contributed by atoms with Crippen molar-refractivity contribution >= 4 is 27.5 Å². The lowest BCUT2D eigenvalue weighted by Crippen LogP contribution is -2.51. The number of halogens is 1. The van der Waals surface area contributed by atoms with Gasteiger partial charge in [0.05, 0.1) is 12.2 Å². The van der Waals surface area contributed by atoms with Gasteiger partial charge in [0.1, 0.15) is 0 Å². The van der Waals surface area contributed by atoms with Gasteiger partial charge in [-0.3, -0.25) is 9.69 Å². The Balaban J connectivity index is 1.63. The van der Waals surface area contributed by atoms with Crippen LogP contribution < -0.4 is 5.32 Å². The average molecular weight is 359 g/mol. The number of likely N-dealkylation sites (tertiary alicyclic amines) is 1. The van der Waals surface area contributed by atoms with Gasteiger partial charge in [-0.2, -0.15) is 0 Å². The van der Waals surface area contributed by atoms with Crippen molar-refractivity contribution in [2.24, 2.45) is 5.92 Å². The van der Waals surface area contributed by atoms with Crippen LogP contribution in [0, 0.1) is 5.92 Å². The summed E-state index contributed by atoms with van der Waals surface area (Å²) in [5, 5.41) is 2.97. The lowest BCUT2D eigenvalue weighted by Gasteiger charge is -2.46. The molecule has 0 radical (unpaired) electrons. The minimum atomic E-state index is 0.0275. The third kappa shape index (κ3) is 3.23. The van der Waals surface area contributed by atoms with Crippen LogP contribution in [0.3, 0.4) is 0 Å². The number of hydrogen-bond donors (Lipinski definition) is 1. The number of hydrogen-bond acceptors (Lipinski definition) is 2. The van der Waals surface area contributed by atoms with Crippen LogP contribution >= 0.6 is 15.9 Å². The predicted octanol–water partition coefficient (Wildman–Crippen LogP) is 4.08. The summed E-state index contributed by atoms with van der Waals surface area (Å²) in [6.07, 6.45) is 0. The van der Waals surface area contributed by atoms with Crippen LogP contribution in [0.2, 0.25) is 0 Å². The van der Waals surface area contributed by atoms with Crippen LogP contribution in [0.4, 0.5) is 5.69 Å². The van der Waals surface area contributed by atoms with Crippen molar-refractivity contribution in [1.29, 1.82) is 0 Å². The molecule has 1 N–H and O–H groups in total. The molecule has 2 aromatic rings. The molecule has 3 rings (SSSR count). The first-order valence-corrected chi connectivity index (χ1v) is 8.28. The quantitative estimate of drug-likeness (QED) is 0.892. The highest BCUT2D eigenvalue weighted by molar-refractivity contribution is 9.10. The van der Waals surface area contributed by atoms with E-state index in [0.717, 1.165) is 16.7 Å². The van der Waals surface area contributed by atoms with Gasteiger partial charge in [0, 0.05) is 17.1 Å². The predicted molar refractivity (Wildman–Crippen MR) is 92.7 cm³/mol. The molecule has 0 bridgehead atoms. The van der Waals surface area contributed by atoms with Gasteiger partial charge in [0.15, 0.2) is 0 Å². The van der Waals surface area contributed by atoms with E-state index >= 15 is 0 Å². The van der Waals surface area contributed by atoms with E-state index in [0.29, 0.717) is 18.5 Å². The van der Waals surface area contributed by atoms with E-state index in [1.165, 1.54) is 5.56 Å². The third-order valence-corrected chi connectivity index (χ3v) is 4.78. The number of carbonyl (C=O) groups is 1. The second kappa shape index (κ2) is 6.63. The van der Waals surface area contributed by atoms with Gasteiger partial charge in [0.25, 0.3) is 0 Å². The zero-order valence-electron chi connectivity index (χ0n) is 12.5. The van der Waals surface area contributed by atoms with Gasteiger partial charge in [-0.15, -0.1) is 0 Å². The lowest BCUT2D eigenvalue weighted by atomic mass is 9.85. The van der Waals surface area contributed by atoms with E-state index in [1.54, 1.807) is 0 Å². The SMILES string of the molecule is C[C@@H]1CN(CC(=O)Nc2ccccc2Br)[C@@H]1c1ccccc1. The number of para-hydroxylation sites is 1. The fourth-order valence-electron chi connectivity index (χ4n) is 3.09. The van der Waals surface area contributed by atoms with Gasteiger partial charge >= 0.3 is 0 Å². The summed E-state index contributed by atoms with van der Waals surface area (Å²) in [6.45, 7) is 3.62. The van der Waals surface area contributed by atoms with Gasteiger partial charge in [-0.1, -0.05) is 49.4 Å². The van der Waals surface area contributed by atoms with Crippen LogP contribution in [0.1, 0.15) is 18.5 Å². The van der Waals surface area contributed by atoms with Crippen molar-refractivity contribution in [2.45, 2.75) is 13.0 Å². The third-order valence-electron chi connectivity index (χ3n) is 4.09. The summed E-state index contributed by atoms with van der Waals surface area (Å²) in [4.78, 5) is 14.5. The molecule has 0 aromatic heterocycles. The largest absolute Gasteiger partial charge is 0.324 e. The number of anilines is 1. The van der Waals surface area contributed by atoms with Gasteiger partial charge < -0.3 is 5.32 Å². The smallest absolute Gasteiger partial charge is 0.238 e. The highest BCUT2D eigenvalue weighted by Crippen LogP contribution is 2.38. The van der Waals surface area contributed by atoms with Crippen LogP contribution in [0.15, 0.2) is 59.1 Å². The maximum Gasteiger partial charge on any atom is 0.238 e. The fraction of sp³-hybridized carbons (Fsp3) is 0.278. The normalized spacial score (nSPS) is 21.2. The Hall–Kier alpha value is -1.65. The maximum atomic E-state index is 12.3. The molecule has 0 saturated carbocycles. The van der Waals surface area contributed by atoms with Crippen molar-refractivity contribution in [3.8, 4) is 0 Å². The molecule has 1 amide bonds. The van der Waals surface area contributed by atoms with E-state index in [2.05, 4.69) is 57.3 Å². The lowest BCUT2D eigenvalue weighted by molar-refractivity contribution is -0.120. The molecule has 1 aliphatic rings. The van der Waals surface area contributed by atoms with E-state index in [-0.39, 0.29) is 5.91 Å². The molecule has 114 valence electrons. The molecule has 2 aromatic carbocycles. The molecule has 1 aliphatic heterocycles. The molecule has 0 spiro atoms. The van der Waals surface area contributed by atoms with E-state index in [9.17, 15) is 4.79 Å². The molecule has 4 heteroatoms. The van der Waals surface area contributed by atoms with Gasteiger partial charge in [0.2, 0.25) is 5.91 Å². The number of carbonyl (C=O) groups excluding carboxylic acids is 1. The highest BCUT2D eigenvalue weighted by atomic mass is 79.9. The Morgan fingerprint density at radius 3 is 2.55 bits per heavy atom. The topological polar surface area (TPSA) is 32.3 Å². The van der Waals surface area contributed by atoms with Crippen LogP contribution in [-0.2, 0) is 4.79 Å². The molecule has 2 atom stereocenters. The number of nitrogens with zero attached hydrogens (tertiary/aromatic N) is 1. The van der Waals surface area contributed by atoms with Gasteiger partial charge in [-0.25, -0.2) is 0 Å². The first-order valence-electron chi connectivity index (χ1n) is 7.48. The van der Waals surface area contributed by atoms with Crippen molar-refractivity contribution in [2.75, 3.05) is 18.4 Å². The van der Waals surface area contributed by atoms with Crippen LogP contribution in [0.25, 0.3) is 0 Å². The Kier molecular flexibility index (Phi) is 4.60. The summed E-state index contributed by atoms with van der Waals surface area (Å²) in [7, 11) is 0.